The number of hydrogen-bond acceptors (Lipinski definition) is 3. The van der Waals surface area contributed by atoms with Gasteiger partial charge in [-0.3, -0.25) is 10.1 Å². The highest BCUT2D eigenvalue weighted by molar-refractivity contribution is 5.43. The van der Waals surface area contributed by atoms with Crippen molar-refractivity contribution in [3.63, 3.8) is 0 Å². The molecule has 0 radical (unpaired) electrons. The van der Waals surface area contributed by atoms with Gasteiger partial charge in [0.1, 0.15) is 0 Å². The molecule has 106 valence electrons. The lowest BCUT2D eigenvalue weighted by atomic mass is 9.92. The number of benzene rings is 1. The van der Waals surface area contributed by atoms with Crippen LogP contribution in [0.15, 0.2) is 18.2 Å². The lowest BCUT2D eigenvalue weighted by Gasteiger charge is -2.21. The third-order valence-corrected chi connectivity index (χ3v) is 3.26. The molecule has 0 bridgehead atoms. The van der Waals surface area contributed by atoms with E-state index in [1.54, 1.807) is 13.0 Å². The van der Waals surface area contributed by atoms with Gasteiger partial charge in [-0.15, -0.1) is 0 Å². The van der Waals surface area contributed by atoms with Crippen LogP contribution in [0, 0.1) is 22.5 Å². The van der Waals surface area contributed by atoms with E-state index in [1.165, 1.54) is 0 Å². The van der Waals surface area contributed by atoms with Gasteiger partial charge in [-0.25, -0.2) is 0 Å². The molecule has 0 spiro atoms. The molecular formula is C15H24N2O2. The monoisotopic (exact) mass is 264 g/mol. The van der Waals surface area contributed by atoms with Gasteiger partial charge in [-0.1, -0.05) is 32.9 Å². The topological polar surface area (TPSA) is 55.2 Å². The number of rotatable bonds is 5. The molecule has 1 aromatic rings. The molecule has 0 aliphatic rings. The van der Waals surface area contributed by atoms with Crippen LogP contribution in [0.4, 0.5) is 5.69 Å². The molecule has 1 atom stereocenters. The van der Waals surface area contributed by atoms with Gasteiger partial charge in [0.05, 0.1) is 4.92 Å². The van der Waals surface area contributed by atoms with Crippen LogP contribution >= 0.6 is 0 Å². The summed E-state index contributed by atoms with van der Waals surface area (Å²) in [5, 5.41) is 14.3. The molecule has 0 aliphatic heterocycles. The Morgan fingerprint density at radius 3 is 2.53 bits per heavy atom. The van der Waals surface area contributed by atoms with Crippen LogP contribution in [-0.4, -0.2) is 11.5 Å². The number of nitro benzene ring substituents is 1. The summed E-state index contributed by atoms with van der Waals surface area (Å²) in [7, 11) is 0. The highest BCUT2D eigenvalue weighted by Crippen LogP contribution is 2.24. The zero-order chi connectivity index (χ0) is 14.6. The Bertz CT molecular complexity index is 450. The van der Waals surface area contributed by atoms with E-state index in [2.05, 4.69) is 26.1 Å². The first kappa shape index (κ1) is 15.6. The lowest BCUT2D eigenvalue weighted by Crippen LogP contribution is -2.23. The van der Waals surface area contributed by atoms with E-state index in [0.29, 0.717) is 11.0 Å². The van der Waals surface area contributed by atoms with Gasteiger partial charge in [0.25, 0.3) is 5.69 Å². The Morgan fingerprint density at radius 1 is 1.37 bits per heavy atom. The summed E-state index contributed by atoms with van der Waals surface area (Å²) in [6, 6.07) is 5.57. The van der Waals surface area contributed by atoms with Crippen LogP contribution in [0.3, 0.4) is 0 Å². The van der Waals surface area contributed by atoms with E-state index in [9.17, 15) is 10.1 Å². The number of hydrogen-bond donors (Lipinski definition) is 1. The molecule has 1 rings (SSSR count). The summed E-state index contributed by atoms with van der Waals surface area (Å²) >= 11 is 0. The minimum absolute atomic E-state index is 0.127. The van der Waals surface area contributed by atoms with Crippen molar-refractivity contribution in [3.05, 3.63) is 39.4 Å². The molecule has 1 aromatic carbocycles. The number of nitrogens with one attached hydrogen (secondary N) is 1. The van der Waals surface area contributed by atoms with Gasteiger partial charge < -0.3 is 5.32 Å². The van der Waals surface area contributed by atoms with Crippen LogP contribution in [0.5, 0.6) is 0 Å². The second-order valence-corrected chi connectivity index (χ2v) is 6.29. The summed E-state index contributed by atoms with van der Waals surface area (Å²) in [4.78, 5) is 10.6. The molecule has 0 saturated carbocycles. The Labute approximate surface area is 115 Å². The fourth-order valence-electron chi connectivity index (χ4n) is 1.87. The molecule has 19 heavy (non-hydrogen) atoms. The van der Waals surface area contributed by atoms with E-state index < -0.39 is 0 Å². The van der Waals surface area contributed by atoms with Crippen LogP contribution < -0.4 is 5.32 Å². The molecule has 4 heteroatoms. The number of nitro groups is 1. The Balaban J connectivity index is 2.70. The van der Waals surface area contributed by atoms with E-state index in [-0.39, 0.29) is 16.7 Å². The maximum Gasteiger partial charge on any atom is 0.272 e. The van der Waals surface area contributed by atoms with Crippen molar-refractivity contribution in [2.45, 2.75) is 47.1 Å². The van der Waals surface area contributed by atoms with E-state index in [1.807, 2.05) is 19.1 Å². The zero-order valence-electron chi connectivity index (χ0n) is 12.5. The Kier molecular flexibility index (Phi) is 5.06. The zero-order valence-corrected chi connectivity index (χ0v) is 12.5. The summed E-state index contributed by atoms with van der Waals surface area (Å²) in [6.07, 6.45) is 1.07. The molecule has 0 amide bonds. The van der Waals surface area contributed by atoms with Crippen molar-refractivity contribution in [1.82, 2.24) is 5.32 Å². The van der Waals surface area contributed by atoms with Crippen molar-refractivity contribution in [3.8, 4) is 0 Å². The molecular weight excluding hydrogens is 240 g/mol. The molecule has 0 aromatic heterocycles. The first-order valence-corrected chi connectivity index (χ1v) is 6.69. The average molecular weight is 264 g/mol. The molecule has 4 nitrogen and oxygen atoms in total. The largest absolute Gasteiger partial charge is 0.310 e. The number of aryl methyl sites for hydroxylation is 1. The Morgan fingerprint density at radius 2 is 2.00 bits per heavy atom. The van der Waals surface area contributed by atoms with E-state index in [4.69, 9.17) is 0 Å². The summed E-state index contributed by atoms with van der Waals surface area (Å²) in [5.41, 5.74) is 2.16. The molecule has 1 N–H and O–H groups in total. The van der Waals surface area contributed by atoms with E-state index in [0.717, 1.165) is 18.5 Å². The molecule has 0 aliphatic carbocycles. The van der Waals surface area contributed by atoms with Crippen molar-refractivity contribution < 1.29 is 4.92 Å². The first-order valence-electron chi connectivity index (χ1n) is 6.69. The normalized spacial score (nSPS) is 13.3. The van der Waals surface area contributed by atoms with Crippen LogP contribution in [-0.2, 0) is 0 Å². The molecule has 0 fully saturated rings. The van der Waals surface area contributed by atoms with Crippen molar-refractivity contribution in [2.24, 2.45) is 5.41 Å². The van der Waals surface area contributed by atoms with Crippen molar-refractivity contribution in [1.29, 1.82) is 0 Å². The van der Waals surface area contributed by atoms with Gasteiger partial charge in [-0.2, -0.15) is 0 Å². The van der Waals surface area contributed by atoms with Gasteiger partial charge in [0.2, 0.25) is 0 Å². The fraction of sp³-hybridized carbons (Fsp3) is 0.600. The van der Waals surface area contributed by atoms with Crippen LogP contribution in [0.25, 0.3) is 0 Å². The summed E-state index contributed by atoms with van der Waals surface area (Å²) in [5.74, 6) is 0. The SMILES string of the molecule is Cc1ccc(C(C)NCCC(C)(C)C)cc1[N+](=O)[O-]. The molecule has 0 saturated heterocycles. The van der Waals surface area contributed by atoms with Gasteiger partial charge in [-0.05, 0) is 37.8 Å². The lowest BCUT2D eigenvalue weighted by molar-refractivity contribution is -0.385. The van der Waals surface area contributed by atoms with Gasteiger partial charge in [0, 0.05) is 17.7 Å². The average Bonchev–Trinajstić information content (AvgIpc) is 2.27. The standard InChI is InChI=1S/C15H24N2O2/c1-11-6-7-13(10-14(11)17(18)19)12(2)16-9-8-15(3,4)5/h6-7,10,12,16H,8-9H2,1-5H3. The third-order valence-electron chi connectivity index (χ3n) is 3.26. The highest BCUT2D eigenvalue weighted by Gasteiger charge is 2.15. The van der Waals surface area contributed by atoms with Crippen LogP contribution in [0.2, 0.25) is 0 Å². The Hall–Kier alpha value is -1.42. The fourth-order valence-corrected chi connectivity index (χ4v) is 1.87. The van der Waals surface area contributed by atoms with E-state index >= 15 is 0 Å². The first-order chi connectivity index (χ1) is 8.70. The maximum atomic E-state index is 10.9. The molecule has 1 unspecified atom stereocenters. The van der Waals surface area contributed by atoms with Crippen LogP contribution in [0.1, 0.15) is 51.3 Å². The summed E-state index contributed by atoms with van der Waals surface area (Å²) in [6.45, 7) is 11.3. The number of nitrogens with zero attached hydrogens (tertiary/aromatic N) is 1. The van der Waals surface area contributed by atoms with Crippen molar-refractivity contribution >= 4 is 5.69 Å². The molecule has 0 heterocycles. The van der Waals surface area contributed by atoms with Gasteiger partial charge in [0.15, 0.2) is 0 Å². The quantitative estimate of drug-likeness (QED) is 0.646. The predicted molar refractivity (Wildman–Crippen MR) is 78.3 cm³/mol. The summed E-state index contributed by atoms with van der Waals surface area (Å²) < 4.78 is 0. The van der Waals surface area contributed by atoms with Gasteiger partial charge >= 0.3 is 0 Å². The van der Waals surface area contributed by atoms with Crippen molar-refractivity contribution in [2.75, 3.05) is 6.54 Å². The smallest absolute Gasteiger partial charge is 0.272 e. The highest BCUT2D eigenvalue weighted by atomic mass is 16.6. The maximum absolute atomic E-state index is 10.9. The second-order valence-electron chi connectivity index (χ2n) is 6.29. The minimum atomic E-state index is -0.319. The third kappa shape index (κ3) is 4.99. The minimum Gasteiger partial charge on any atom is -0.310 e. The second kappa shape index (κ2) is 6.15. The predicted octanol–water partition coefficient (Wildman–Crippen LogP) is 3.99.